The highest BCUT2D eigenvalue weighted by molar-refractivity contribution is 9.10. The Kier molecular flexibility index (Phi) is 4.67. The topological polar surface area (TPSA) is 83.5 Å². The number of aliphatic carboxylic acids is 1. The minimum Gasteiger partial charge on any atom is -0.480 e. The van der Waals surface area contributed by atoms with Gasteiger partial charge in [0.25, 0.3) is 0 Å². The first-order valence-electron chi connectivity index (χ1n) is 4.87. The number of nitrogens with one attached hydrogen (secondary N) is 1. The van der Waals surface area contributed by atoms with Crippen molar-refractivity contribution < 1.29 is 18.3 Å². The van der Waals surface area contributed by atoms with Gasteiger partial charge in [-0.1, -0.05) is 22.9 Å². The third-order valence-corrected chi connectivity index (χ3v) is 4.14. The molecule has 0 saturated carbocycles. The molecular weight excluding hydrogens is 310 g/mol. The summed E-state index contributed by atoms with van der Waals surface area (Å²) < 4.78 is 26.5. The normalized spacial score (nSPS) is 13.3. The predicted molar refractivity (Wildman–Crippen MR) is 66.2 cm³/mol. The number of sulfonamides is 1. The molecule has 0 unspecified atom stereocenters. The van der Waals surface area contributed by atoms with Gasteiger partial charge in [-0.25, -0.2) is 8.42 Å². The molecule has 0 aliphatic carbocycles. The van der Waals surface area contributed by atoms with Crippen LogP contribution < -0.4 is 4.72 Å². The van der Waals surface area contributed by atoms with Crippen LogP contribution in [0.15, 0.2) is 33.6 Å². The number of carbonyl (C=O) groups is 1. The Balaban J connectivity index is 2.96. The maximum Gasteiger partial charge on any atom is 0.321 e. The maximum atomic E-state index is 11.8. The Hall–Kier alpha value is -0.920. The fourth-order valence-corrected chi connectivity index (χ4v) is 2.71. The van der Waals surface area contributed by atoms with Crippen LogP contribution in [0.25, 0.3) is 0 Å². The lowest BCUT2D eigenvalue weighted by Gasteiger charge is -2.12. The largest absolute Gasteiger partial charge is 0.480 e. The van der Waals surface area contributed by atoms with E-state index >= 15 is 0 Å². The molecule has 0 aliphatic rings. The zero-order chi connectivity index (χ0) is 13.1. The second-order valence-corrected chi connectivity index (χ2v) is 6.00. The number of halogens is 1. The molecule has 17 heavy (non-hydrogen) atoms. The van der Waals surface area contributed by atoms with Crippen LogP contribution in [0.5, 0.6) is 0 Å². The van der Waals surface area contributed by atoms with Gasteiger partial charge in [0.2, 0.25) is 10.0 Å². The van der Waals surface area contributed by atoms with Crippen molar-refractivity contribution in [1.29, 1.82) is 0 Å². The van der Waals surface area contributed by atoms with Crippen LogP contribution in [-0.4, -0.2) is 25.5 Å². The van der Waals surface area contributed by atoms with Crippen molar-refractivity contribution in [2.24, 2.45) is 0 Å². The molecule has 0 aromatic heterocycles. The van der Waals surface area contributed by atoms with Crippen molar-refractivity contribution in [1.82, 2.24) is 4.72 Å². The van der Waals surface area contributed by atoms with Crippen LogP contribution >= 0.6 is 15.9 Å². The molecule has 5 nitrogen and oxygen atoms in total. The lowest BCUT2D eigenvalue weighted by atomic mass is 10.2. The fraction of sp³-hybridized carbons (Fsp3) is 0.300. The van der Waals surface area contributed by atoms with Gasteiger partial charge in [-0.3, -0.25) is 4.79 Å². The van der Waals surface area contributed by atoms with E-state index in [1.807, 2.05) is 0 Å². The highest BCUT2D eigenvalue weighted by atomic mass is 79.9. The Labute approximate surface area is 108 Å². The smallest absolute Gasteiger partial charge is 0.321 e. The molecule has 1 rings (SSSR count). The Morgan fingerprint density at radius 1 is 1.41 bits per heavy atom. The number of benzene rings is 1. The van der Waals surface area contributed by atoms with Crippen molar-refractivity contribution in [2.45, 2.75) is 24.3 Å². The minimum atomic E-state index is -3.79. The Bertz CT molecular complexity index is 498. The van der Waals surface area contributed by atoms with Gasteiger partial charge < -0.3 is 5.11 Å². The minimum absolute atomic E-state index is 0.0420. The van der Waals surface area contributed by atoms with E-state index in [2.05, 4.69) is 20.7 Å². The molecule has 1 aromatic rings. The van der Waals surface area contributed by atoms with Crippen molar-refractivity contribution in [2.75, 3.05) is 0 Å². The quantitative estimate of drug-likeness (QED) is 0.862. The van der Waals surface area contributed by atoms with Gasteiger partial charge >= 0.3 is 5.97 Å². The molecule has 0 aliphatic heterocycles. The second-order valence-electron chi connectivity index (χ2n) is 3.37. The third kappa shape index (κ3) is 3.79. The summed E-state index contributed by atoms with van der Waals surface area (Å²) in [5.74, 6) is -1.19. The van der Waals surface area contributed by atoms with E-state index in [1.165, 1.54) is 12.1 Å². The van der Waals surface area contributed by atoms with Gasteiger partial charge in [0, 0.05) is 4.47 Å². The van der Waals surface area contributed by atoms with Crippen molar-refractivity contribution >= 4 is 31.9 Å². The summed E-state index contributed by atoms with van der Waals surface area (Å²) in [5.41, 5.74) is 0. The van der Waals surface area contributed by atoms with E-state index in [4.69, 9.17) is 5.11 Å². The number of carboxylic acid groups (broad SMARTS) is 1. The lowest BCUT2D eigenvalue weighted by Crippen LogP contribution is -2.40. The fourth-order valence-electron chi connectivity index (χ4n) is 1.18. The van der Waals surface area contributed by atoms with E-state index in [9.17, 15) is 13.2 Å². The SMILES string of the molecule is CC[C@@H](NS(=O)(=O)c1ccc(Br)cc1)C(=O)O. The van der Waals surface area contributed by atoms with Crippen LogP contribution in [0.1, 0.15) is 13.3 Å². The van der Waals surface area contributed by atoms with Crippen molar-refractivity contribution in [3.8, 4) is 0 Å². The zero-order valence-electron chi connectivity index (χ0n) is 9.05. The maximum absolute atomic E-state index is 11.8. The molecule has 0 amide bonds. The van der Waals surface area contributed by atoms with Crippen LogP contribution in [0.2, 0.25) is 0 Å². The Morgan fingerprint density at radius 3 is 2.35 bits per heavy atom. The van der Waals surface area contributed by atoms with Crippen LogP contribution in [0.4, 0.5) is 0 Å². The molecule has 1 atom stereocenters. The van der Waals surface area contributed by atoms with E-state index in [-0.39, 0.29) is 11.3 Å². The average Bonchev–Trinajstić information content (AvgIpc) is 2.26. The number of carboxylic acids is 1. The van der Waals surface area contributed by atoms with Crippen molar-refractivity contribution in [3.63, 3.8) is 0 Å². The zero-order valence-corrected chi connectivity index (χ0v) is 11.5. The van der Waals surface area contributed by atoms with Gasteiger partial charge in [-0.15, -0.1) is 0 Å². The van der Waals surface area contributed by atoms with E-state index < -0.39 is 22.0 Å². The second kappa shape index (κ2) is 5.61. The van der Waals surface area contributed by atoms with Gasteiger partial charge in [0.05, 0.1) is 4.90 Å². The first-order valence-corrected chi connectivity index (χ1v) is 7.15. The molecule has 0 fully saturated rings. The van der Waals surface area contributed by atoms with Gasteiger partial charge in [-0.2, -0.15) is 4.72 Å². The monoisotopic (exact) mass is 321 g/mol. The predicted octanol–water partition coefficient (Wildman–Crippen LogP) is 1.59. The summed E-state index contributed by atoms with van der Waals surface area (Å²) in [6, 6.07) is 4.86. The summed E-state index contributed by atoms with van der Waals surface area (Å²) in [6.07, 6.45) is 0.186. The average molecular weight is 322 g/mol. The highest BCUT2D eigenvalue weighted by Crippen LogP contribution is 2.15. The molecule has 0 radical (unpaired) electrons. The molecule has 0 spiro atoms. The highest BCUT2D eigenvalue weighted by Gasteiger charge is 2.23. The lowest BCUT2D eigenvalue weighted by molar-refractivity contribution is -0.139. The van der Waals surface area contributed by atoms with E-state index in [0.717, 1.165) is 4.47 Å². The molecule has 0 saturated heterocycles. The summed E-state index contributed by atoms with van der Waals surface area (Å²) >= 11 is 3.19. The first-order chi connectivity index (χ1) is 7.86. The van der Waals surface area contributed by atoms with Gasteiger partial charge in [0.15, 0.2) is 0 Å². The summed E-state index contributed by atoms with van der Waals surface area (Å²) in [4.78, 5) is 10.8. The summed E-state index contributed by atoms with van der Waals surface area (Å²) in [7, 11) is -3.79. The third-order valence-electron chi connectivity index (χ3n) is 2.13. The van der Waals surface area contributed by atoms with Crippen LogP contribution in [0, 0.1) is 0 Å². The number of hydrogen-bond donors (Lipinski definition) is 2. The molecule has 7 heteroatoms. The first kappa shape index (κ1) is 14.1. The van der Waals surface area contributed by atoms with Gasteiger partial charge in [-0.05, 0) is 30.7 Å². The van der Waals surface area contributed by atoms with Crippen molar-refractivity contribution in [3.05, 3.63) is 28.7 Å². The number of hydrogen-bond acceptors (Lipinski definition) is 3. The van der Waals surface area contributed by atoms with Crippen LogP contribution in [-0.2, 0) is 14.8 Å². The molecule has 94 valence electrons. The Morgan fingerprint density at radius 2 is 1.94 bits per heavy atom. The number of rotatable bonds is 5. The van der Waals surface area contributed by atoms with E-state index in [0.29, 0.717) is 0 Å². The molecular formula is C10H12BrNO4S. The summed E-state index contributed by atoms with van der Waals surface area (Å²) in [5, 5.41) is 8.79. The van der Waals surface area contributed by atoms with Crippen LogP contribution in [0.3, 0.4) is 0 Å². The molecule has 0 bridgehead atoms. The molecule has 0 heterocycles. The summed E-state index contributed by atoms with van der Waals surface area (Å²) in [6.45, 7) is 1.60. The van der Waals surface area contributed by atoms with E-state index in [1.54, 1.807) is 19.1 Å². The standard InChI is InChI=1S/C10H12BrNO4S/c1-2-9(10(13)14)12-17(15,16)8-5-3-7(11)4-6-8/h3-6,9,12H,2H2,1H3,(H,13,14)/t9-/m1/s1. The molecule has 1 aromatic carbocycles. The van der Waals surface area contributed by atoms with Gasteiger partial charge in [0.1, 0.15) is 6.04 Å². The molecule has 2 N–H and O–H groups in total.